The van der Waals surface area contributed by atoms with Crippen molar-refractivity contribution in [2.75, 3.05) is 13.2 Å². The number of hydrogen-bond donors (Lipinski definition) is 1. The van der Waals surface area contributed by atoms with E-state index in [4.69, 9.17) is 5.11 Å². The number of azo groups is 1. The van der Waals surface area contributed by atoms with Gasteiger partial charge in [-0.1, -0.05) is 22.0 Å². The molecule has 0 aromatic heterocycles. The molecule has 0 radical (unpaired) electrons. The molecule has 1 rings (SSSR count). The predicted octanol–water partition coefficient (Wildman–Crippen LogP) is 3.31. The highest BCUT2D eigenvalue weighted by atomic mass is 79.9. The lowest BCUT2D eigenvalue weighted by atomic mass is 10.3. The molecule has 0 amide bonds. The quantitative estimate of drug-likeness (QED) is 0.638. The Morgan fingerprint density at radius 2 is 2.14 bits per heavy atom. The van der Waals surface area contributed by atoms with Crippen molar-refractivity contribution < 1.29 is 5.11 Å². The SMILES string of the molecule is OCCCCN=Nc1cccc(Br)c1. The maximum Gasteiger partial charge on any atom is 0.0863 e. The van der Waals surface area contributed by atoms with Gasteiger partial charge in [-0.3, -0.25) is 0 Å². The van der Waals surface area contributed by atoms with E-state index in [2.05, 4.69) is 26.2 Å². The summed E-state index contributed by atoms with van der Waals surface area (Å²) in [7, 11) is 0. The maximum absolute atomic E-state index is 8.54. The molecule has 3 nitrogen and oxygen atoms in total. The molecule has 0 spiro atoms. The highest BCUT2D eigenvalue weighted by molar-refractivity contribution is 9.10. The Hall–Kier alpha value is -0.740. The van der Waals surface area contributed by atoms with Crippen molar-refractivity contribution in [3.8, 4) is 0 Å². The molecule has 0 fully saturated rings. The lowest BCUT2D eigenvalue weighted by Gasteiger charge is -1.93. The molecule has 0 heterocycles. The minimum atomic E-state index is 0.229. The second-order valence-corrected chi connectivity index (χ2v) is 3.79. The largest absolute Gasteiger partial charge is 0.396 e. The summed E-state index contributed by atoms with van der Waals surface area (Å²) in [5, 5.41) is 16.6. The highest BCUT2D eigenvalue weighted by Gasteiger charge is 1.90. The fourth-order valence-electron chi connectivity index (χ4n) is 0.964. The van der Waals surface area contributed by atoms with E-state index in [0.29, 0.717) is 6.54 Å². The normalized spacial score (nSPS) is 11.0. The first kappa shape index (κ1) is 11.3. The third-order valence-electron chi connectivity index (χ3n) is 1.66. The molecule has 76 valence electrons. The molecular weight excluding hydrogens is 244 g/mol. The predicted molar refractivity (Wildman–Crippen MR) is 59.8 cm³/mol. The van der Waals surface area contributed by atoms with Crippen LogP contribution >= 0.6 is 15.9 Å². The lowest BCUT2D eigenvalue weighted by molar-refractivity contribution is 0.285. The van der Waals surface area contributed by atoms with Crippen LogP contribution in [-0.4, -0.2) is 18.3 Å². The zero-order chi connectivity index (χ0) is 10.2. The van der Waals surface area contributed by atoms with Crippen LogP contribution in [0.4, 0.5) is 5.69 Å². The zero-order valence-corrected chi connectivity index (χ0v) is 9.44. The Morgan fingerprint density at radius 3 is 2.86 bits per heavy atom. The first-order chi connectivity index (χ1) is 6.83. The average molecular weight is 257 g/mol. The van der Waals surface area contributed by atoms with Gasteiger partial charge in [-0.15, -0.1) is 0 Å². The van der Waals surface area contributed by atoms with Gasteiger partial charge in [-0.2, -0.15) is 10.2 Å². The number of hydrogen-bond acceptors (Lipinski definition) is 3. The molecule has 0 unspecified atom stereocenters. The second kappa shape index (κ2) is 6.68. The van der Waals surface area contributed by atoms with Crippen LogP contribution in [0.1, 0.15) is 12.8 Å². The standard InChI is InChI=1S/C10H13BrN2O/c11-9-4-3-5-10(8-9)13-12-6-1-2-7-14/h3-5,8,14H,1-2,6-7H2. The van der Waals surface area contributed by atoms with Crippen LogP contribution in [-0.2, 0) is 0 Å². The van der Waals surface area contributed by atoms with E-state index in [1.165, 1.54) is 0 Å². The fraction of sp³-hybridized carbons (Fsp3) is 0.400. The van der Waals surface area contributed by atoms with Gasteiger partial charge in [0.1, 0.15) is 0 Å². The number of nitrogens with zero attached hydrogens (tertiary/aromatic N) is 2. The highest BCUT2D eigenvalue weighted by Crippen LogP contribution is 2.18. The molecule has 0 bridgehead atoms. The van der Waals surface area contributed by atoms with Crippen LogP contribution in [0.2, 0.25) is 0 Å². The smallest absolute Gasteiger partial charge is 0.0863 e. The molecule has 0 aliphatic rings. The summed E-state index contributed by atoms with van der Waals surface area (Å²) in [5.74, 6) is 0. The van der Waals surface area contributed by atoms with E-state index >= 15 is 0 Å². The van der Waals surface area contributed by atoms with Crippen LogP contribution < -0.4 is 0 Å². The second-order valence-electron chi connectivity index (χ2n) is 2.88. The van der Waals surface area contributed by atoms with Crippen LogP contribution in [0.15, 0.2) is 39.0 Å². The van der Waals surface area contributed by atoms with Gasteiger partial charge in [0, 0.05) is 11.1 Å². The maximum atomic E-state index is 8.54. The molecule has 1 aromatic carbocycles. The van der Waals surface area contributed by atoms with E-state index < -0.39 is 0 Å². The third kappa shape index (κ3) is 4.48. The minimum Gasteiger partial charge on any atom is -0.396 e. The molecule has 0 aliphatic carbocycles. The van der Waals surface area contributed by atoms with E-state index in [0.717, 1.165) is 23.0 Å². The summed E-state index contributed by atoms with van der Waals surface area (Å²) in [6.45, 7) is 0.902. The summed E-state index contributed by atoms with van der Waals surface area (Å²) in [6, 6.07) is 7.69. The van der Waals surface area contributed by atoms with Gasteiger partial charge in [-0.25, -0.2) is 0 Å². The van der Waals surface area contributed by atoms with Crippen molar-refractivity contribution in [3.63, 3.8) is 0 Å². The van der Waals surface area contributed by atoms with Crippen molar-refractivity contribution in [2.24, 2.45) is 10.2 Å². The number of aliphatic hydroxyl groups excluding tert-OH is 1. The van der Waals surface area contributed by atoms with Gasteiger partial charge in [-0.05, 0) is 31.0 Å². The van der Waals surface area contributed by atoms with Crippen molar-refractivity contribution in [2.45, 2.75) is 12.8 Å². The van der Waals surface area contributed by atoms with Gasteiger partial charge in [0.05, 0.1) is 12.2 Å². The average Bonchev–Trinajstić information content (AvgIpc) is 2.18. The van der Waals surface area contributed by atoms with Crippen molar-refractivity contribution in [1.29, 1.82) is 0 Å². The van der Waals surface area contributed by atoms with Crippen molar-refractivity contribution in [3.05, 3.63) is 28.7 Å². The zero-order valence-electron chi connectivity index (χ0n) is 7.86. The van der Waals surface area contributed by atoms with E-state index in [9.17, 15) is 0 Å². The van der Waals surface area contributed by atoms with E-state index in [1.807, 2.05) is 24.3 Å². The Bertz CT molecular complexity index is 302. The summed E-state index contributed by atoms with van der Waals surface area (Å²) < 4.78 is 1.00. The van der Waals surface area contributed by atoms with Gasteiger partial charge in [0.2, 0.25) is 0 Å². The summed E-state index contributed by atoms with van der Waals surface area (Å²) in [4.78, 5) is 0. The number of benzene rings is 1. The van der Waals surface area contributed by atoms with E-state index in [-0.39, 0.29) is 6.61 Å². The monoisotopic (exact) mass is 256 g/mol. The Labute approximate surface area is 92.0 Å². The number of halogens is 1. The number of rotatable bonds is 5. The van der Waals surface area contributed by atoms with Crippen LogP contribution in [0.3, 0.4) is 0 Å². The minimum absolute atomic E-state index is 0.229. The van der Waals surface area contributed by atoms with Crippen molar-refractivity contribution >= 4 is 21.6 Å². The van der Waals surface area contributed by atoms with E-state index in [1.54, 1.807) is 0 Å². The summed E-state index contributed by atoms with van der Waals surface area (Å²) in [5.41, 5.74) is 0.850. The van der Waals surface area contributed by atoms with Gasteiger partial charge >= 0.3 is 0 Å². The van der Waals surface area contributed by atoms with Crippen LogP contribution in [0, 0.1) is 0 Å². The van der Waals surface area contributed by atoms with Crippen LogP contribution in [0.5, 0.6) is 0 Å². The lowest BCUT2D eigenvalue weighted by Crippen LogP contribution is -1.84. The molecular formula is C10H13BrN2O. The molecule has 1 aromatic rings. The first-order valence-electron chi connectivity index (χ1n) is 4.57. The third-order valence-corrected chi connectivity index (χ3v) is 2.15. The van der Waals surface area contributed by atoms with Gasteiger partial charge in [0.25, 0.3) is 0 Å². The molecule has 4 heteroatoms. The number of aliphatic hydroxyl groups is 1. The molecule has 1 N–H and O–H groups in total. The molecule has 0 atom stereocenters. The molecule has 0 aliphatic heterocycles. The molecule has 0 saturated carbocycles. The summed E-state index contributed by atoms with van der Waals surface area (Å²) in [6.07, 6.45) is 1.67. The van der Waals surface area contributed by atoms with Crippen molar-refractivity contribution in [1.82, 2.24) is 0 Å². The molecule has 14 heavy (non-hydrogen) atoms. The topological polar surface area (TPSA) is 45.0 Å². The fourth-order valence-corrected chi connectivity index (χ4v) is 1.35. The number of unbranched alkanes of at least 4 members (excludes halogenated alkanes) is 1. The Kier molecular flexibility index (Phi) is 5.40. The van der Waals surface area contributed by atoms with Gasteiger partial charge in [0.15, 0.2) is 0 Å². The van der Waals surface area contributed by atoms with Crippen LogP contribution in [0.25, 0.3) is 0 Å². The van der Waals surface area contributed by atoms with Gasteiger partial charge < -0.3 is 5.11 Å². The first-order valence-corrected chi connectivity index (χ1v) is 5.36. The summed E-state index contributed by atoms with van der Waals surface area (Å²) >= 11 is 3.36. The Morgan fingerprint density at radius 1 is 1.29 bits per heavy atom. The molecule has 0 saturated heterocycles. The Balaban J connectivity index is 2.36.